The lowest BCUT2D eigenvalue weighted by Gasteiger charge is -2.15. The Morgan fingerprint density at radius 2 is 0.930 bits per heavy atom. The Morgan fingerprint density at radius 1 is 0.512 bits per heavy atom. The molecule has 0 bridgehead atoms. The first kappa shape index (κ1) is 39.4. The lowest BCUT2D eigenvalue weighted by Crippen LogP contribution is -2.46. The van der Waals surface area contributed by atoms with E-state index < -0.39 is 54.3 Å². The Kier molecular flexibility index (Phi) is 23.9. The first-order valence-corrected chi connectivity index (χ1v) is 15.4. The van der Waals surface area contributed by atoms with Gasteiger partial charge in [-0.05, 0) is 19.3 Å². The Morgan fingerprint density at radius 3 is 1.37 bits per heavy atom. The van der Waals surface area contributed by atoms with E-state index in [2.05, 4.69) is 21.1 Å². The summed E-state index contributed by atoms with van der Waals surface area (Å²) in [5.74, 6) is -5.17. The summed E-state index contributed by atoms with van der Waals surface area (Å²) in [5, 5.41) is 36.4. The van der Waals surface area contributed by atoms with Crippen LogP contribution >= 0.6 is 0 Å². The molecule has 14 heteroatoms. The van der Waals surface area contributed by atoms with Crippen molar-refractivity contribution < 1.29 is 44.1 Å². The van der Waals surface area contributed by atoms with E-state index in [0.29, 0.717) is 6.42 Å². The highest BCUT2D eigenvalue weighted by Crippen LogP contribution is 2.14. The Balaban J connectivity index is 3.90. The average molecular weight is 615 g/mol. The summed E-state index contributed by atoms with van der Waals surface area (Å²) in [4.78, 5) is 79.3. The largest absolute Gasteiger partial charge is 0.481 e. The van der Waals surface area contributed by atoms with Crippen LogP contribution in [0.2, 0.25) is 0 Å². The summed E-state index contributed by atoms with van der Waals surface area (Å²) in [6, 6.07) is -2.58. The molecule has 0 spiro atoms. The van der Waals surface area contributed by atoms with Gasteiger partial charge in [0.15, 0.2) is 0 Å². The topological polar surface area (TPSA) is 229 Å². The SMILES string of the molecule is O=NCCC(NC(=O)CNC(=O)CCC(NC(=O)CCCCCCCCCCCCCCCCC(=O)O)C(=O)O)C(=O)O. The molecule has 0 saturated carbocycles. The standard InChI is InChI=1S/C29H50N4O10/c34-24(30-21-26(36)33-23(29(41)42)19-20-31-43)18-17-22(28(39)40)32-25(35)15-13-11-9-7-5-3-1-2-4-6-8-10-12-14-16-27(37)38/h22-23H,1-21H2,(H,30,34)(H,32,35)(H,33,36)(H,37,38)(H,39,40)(H,41,42). The molecule has 2 atom stereocenters. The van der Waals surface area contributed by atoms with Crippen LogP contribution in [0.4, 0.5) is 0 Å². The van der Waals surface area contributed by atoms with E-state index in [0.717, 1.165) is 51.4 Å². The van der Waals surface area contributed by atoms with E-state index in [9.17, 15) is 38.8 Å². The van der Waals surface area contributed by atoms with Gasteiger partial charge in [0.05, 0.1) is 13.1 Å². The molecule has 6 N–H and O–H groups in total. The normalized spacial score (nSPS) is 12.1. The predicted octanol–water partition coefficient (Wildman–Crippen LogP) is 3.50. The summed E-state index contributed by atoms with van der Waals surface area (Å²) < 4.78 is 0. The maximum atomic E-state index is 12.2. The minimum Gasteiger partial charge on any atom is -0.481 e. The minimum absolute atomic E-state index is 0.177. The molecule has 0 saturated heterocycles. The summed E-state index contributed by atoms with van der Waals surface area (Å²) in [6.45, 7) is -0.824. The number of nitroso groups, excluding NO2 is 1. The maximum absolute atomic E-state index is 12.2. The number of carbonyl (C=O) groups excluding carboxylic acids is 3. The van der Waals surface area contributed by atoms with Crippen molar-refractivity contribution in [3.63, 3.8) is 0 Å². The van der Waals surface area contributed by atoms with Crippen molar-refractivity contribution in [2.75, 3.05) is 13.1 Å². The number of nitrogens with zero attached hydrogens (tertiary/aromatic N) is 1. The number of nitrogens with one attached hydrogen (secondary N) is 3. The van der Waals surface area contributed by atoms with E-state index in [4.69, 9.17) is 10.2 Å². The van der Waals surface area contributed by atoms with Crippen molar-refractivity contribution in [2.24, 2.45) is 5.18 Å². The molecule has 0 radical (unpaired) electrons. The third-order valence-electron chi connectivity index (χ3n) is 6.93. The summed E-state index contributed by atoms with van der Waals surface area (Å²) in [7, 11) is 0. The summed E-state index contributed by atoms with van der Waals surface area (Å²) in [5.41, 5.74) is 0. The van der Waals surface area contributed by atoms with Crippen LogP contribution < -0.4 is 16.0 Å². The molecule has 0 rings (SSSR count). The van der Waals surface area contributed by atoms with Crippen LogP contribution in [0.3, 0.4) is 0 Å². The van der Waals surface area contributed by atoms with Gasteiger partial charge in [0, 0.05) is 25.7 Å². The molecule has 0 aromatic carbocycles. The third-order valence-corrected chi connectivity index (χ3v) is 6.93. The molecular weight excluding hydrogens is 564 g/mol. The van der Waals surface area contributed by atoms with Gasteiger partial charge in [0.25, 0.3) is 0 Å². The molecule has 3 amide bonds. The molecule has 0 aliphatic heterocycles. The molecule has 43 heavy (non-hydrogen) atoms. The molecule has 0 aromatic rings. The molecular formula is C29H50N4O10. The van der Waals surface area contributed by atoms with Gasteiger partial charge < -0.3 is 31.3 Å². The van der Waals surface area contributed by atoms with Gasteiger partial charge in [0.2, 0.25) is 17.7 Å². The number of rotatable bonds is 29. The average Bonchev–Trinajstić information content (AvgIpc) is 2.95. The summed E-state index contributed by atoms with van der Waals surface area (Å²) >= 11 is 0. The van der Waals surface area contributed by atoms with Crippen LogP contribution in [0.25, 0.3) is 0 Å². The second-order valence-corrected chi connectivity index (χ2v) is 10.7. The maximum Gasteiger partial charge on any atom is 0.326 e. The fourth-order valence-electron chi connectivity index (χ4n) is 4.43. The zero-order chi connectivity index (χ0) is 32.3. The zero-order valence-corrected chi connectivity index (χ0v) is 25.2. The van der Waals surface area contributed by atoms with Gasteiger partial charge >= 0.3 is 17.9 Å². The van der Waals surface area contributed by atoms with Crippen LogP contribution in [-0.2, 0) is 28.8 Å². The number of amides is 3. The zero-order valence-electron chi connectivity index (χ0n) is 25.2. The number of aliphatic carboxylic acids is 3. The Labute approximate surface area is 253 Å². The fraction of sp³-hybridized carbons (Fsp3) is 0.793. The molecule has 0 aliphatic rings. The lowest BCUT2D eigenvalue weighted by molar-refractivity contribution is -0.142. The van der Waals surface area contributed by atoms with Gasteiger partial charge in [-0.25, -0.2) is 9.59 Å². The van der Waals surface area contributed by atoms with Gasteiger partial charge in [-0.3, -0.25) is 19.2 Å². The van der Waals surface area contributed by atoms with Crippen molar-refractivity contribution in [1.29, 1.82) is 0 Å². The van der Waals surface area contributed by atoms with Crippen molar-refractivity contribution in [2.45, 2.75) is 134 Å². The number of carboxylic acid groups (broad SMARTS) is 3. The first-order chi connectivity index (χ1) is 20.6. The Bertz CT molecular complexity index is 868. The molecule has 14 nitrogen and oxygen atoms in total. The number of hydrogen-bond donors (Lipinski definition) is 6. The highest BCUT2D eigenvalue weighted by atomic mass is 16.4. The van der Waals surface area contributed by atoms with Crippen molar-refractivity contribution >= 4 is 35.6 Å². The van der Waals surface area contributed by atoms with Crippen molar-refractivity contribution in [1.82, 2.24) is 16.0 Å². The van der Waals surface area contributed by atoms with Gasteiger partial charge in [-0.2, -0.15) is 4.91 Å². The summed E-state index contributed by atoms with van der Waals surface area (Å²) in [6.07, 6.45) is 14.6. The molecule has 2 unspecified atom stereocenters. The van der Waals surface area contributed by atoms with E-state index >= 15 is 0 Å². The van der Waals surface area contributed by atoms with E-state index in [1.54, 1.807) is 0 Å². The fourth-order valence-corrected chi connectivity index (χ4v) is 4.43. The van der Waals surface area contributed by atoms with Crippen LogP contribution in [0.15, 0.2) is 5.18 Å². The van der Waals surface area contributed by atoms with Crippen molar-refractivity contribution in [3.05, 3.63) is 4.91 Å². The number of unbranched alkanes of at least 4 members (excludes halogenated alkanes) is 13. The van der Waals surface area contributed by atoms with Crippen LogP contribution in [0.1, 0.15) is 122 Å². The van der Waals surface area contributed by atoms with Gasteiger partial charge in [0.1, 0.15) is 12.1 Å². The highest BCUT2D eigenvalue weighted by molar-refractivity contribution is 5.88. The second kappa shape index (κ2) is 26.1. The highest BCUT2D eigenvalue weighted by Gasteiger charge is 2.22. The van der Waals surface area contributed by atoms with Crippen LogP contribution in [-0.4, -0.2) is 76.1 Å². The molecule has 0 aromatic heterocycles. The first-order valence-electron chi connectivity index (χ1n) is 15.4. The number of hydrogen-bond acceptors (Lipinski definition) is 8. The van der Waals surface area contributed by atoms with Crippen LogP contribution in [0.5, 0.6) is 0 Å². The number of carboxylic acids is 3. The monoisotopic (exact) mass is 614 g/mol. The van der Waals surface area contributed by atoms with Crippen LogP contribution in [0, 0.1) is 4.91 Å². The molecule has 0 heterocycles. The van der Waals surface area contributed by atoms with E-state index in [1.807, 2.05) is 0 Å². The third kappa shape index (κ3) is 24.7. The van der Waals surface area contributed by atoms with Gasteiger partial charge in [-0.1, -0.05) is 82.2 Å². The number of carbonyl (C=O) groups is 6. The molecule has 0 aliphatic carbocycles. The van der Waals surface area contributed by atoms with Crippen molar-refractivity contribution in [3.8, 4) is 0 Å². The molecule has 0 fully saturated rings. The minimum atomic E-state index is -1.35. The molecule has 246 valence electrons. The Hall–Kier alpha value is -3.58. The quantitative estimate of drug-likeness (QED) is 0.0530. The second-order valence-electron chi connectivity index (χ2n) is 10.7. The smallest absolute Gasteiger partial charge is 0.326 e. The van der Waals surface area contributed by atoms with Gasteiger partial charge in [-0.15, -0.1) is 0 Å². The predicted molar refractivity (Wildman–Crippen MR) is 158 cm³/mol. The van der Waals surface area contributed by atoms with E-state index in [-0.39, 0.29) is 38.6 Å². The lowest BCUT2D eigenvalue weighted by atomic mass is 10.0. The van der Waals surface area contributed by atoms with E-state index in [1.165, 1.54) is 32.1 Å².